The normalized spacial score (nSPS) is 18.7. The van der Waals surface area contributed by atoms with Crippen LogP contribution in [0.5, 0.6) is 5.75 Å². The van der Waals surface area contributed by atoms with E-state index in [0.29, 0.717) is 31.8 Å². The van der Waals surface area contributed by atoms with Crippen LogP contribution >= 0.6 is 0 Å². The summed E-state index contributed by atoms with van der Waals surface area (Å²) in [7, 11) is -1.75. The number of carbonyl (C=O) groups is 1. The standard InChI is InChI=1S/C20H30N2O4S/c1-26-19-8-7-18-15-22(11-9-17(18)14-19)27(24,25)12-10-21-20(23)13-16-5-3-2-4-6-16/h7-8,14,16H,2-6,9-13,15H2,1H3,(H,21,23). The average Bonchev–Trinajstić information content (AvgIpc) is 2.67. The van der Waals surface area contributed by atoms with E-state index in [1.165, 1.54) is 23.6 Å². The summed E-state index contributed by atoms with van der Waals surface area (Å²) in [5.41, 5.74) is 2.16. The van der Waals surface area contributed by atoms with Crippen LogP contribution in [0.2, 0.25) is 0 Å². The van der Waals surface area contributed by atoms with E-state index in [9.17, 15) is 13.2 Å². The second-order valence-electron chi connectivity index (χ2n) is 7.59. The molecule has 6 nitrogen and oxygen atoms in total. The van der Waals surface area contributed by atoms with Crippen LogP contribution in [0.15, 0.2) is 18.2 Å². The fourth-order valence-electron chi connectivity index (χ4n) is 4.04. The summed E-state index contributed by atoms with van der Waals surface area (Å²) in [6, 6.07) is 5.77. The van der Waals surface area contributed by atoms with Crippen LogP contribution in [-0.4, -0.2) is 44.6 Å². The van der Waals surface area contributed by atoms with E-state index in [1.807, 2.05) is 18.2 Å². The van der Waals surface area contributed by atoms with Crippen molar-refractivity contribution < 1.29 is 17.9 Å². The van der Waals surface area contributed by atoms with E-state index >= 15 is 0 Å². The van der Waals surface area contributed by atoms with Crippen molar-refractivity contribution >= 4 is 15.9 Å². The molecule has 150 valence electrons. The van der Waals surface area contributed by atoms with Crippen molar-refractivity contribution in [1.82, 2.24) is 9.62 Å². The molecule has 1 saturated carbocycles. The largest absolute Gasteiger partial charge is 0.497 e. The summed E-state index contributed by atoms with van der Waals surface area (Å²) in [4.78, 5) is 12.1. The molecule has 1 aliphatic carbocycles. The second-order valence-corrected chi connectivity index (χ2v) is 9.68. The van der Waals surface area contributed by atoms with E-state index in [1.54, 1.807) is 7.11 Å². The van der Waals surface area contributed by atoms with Crippen LogP contribution in [0.4, 0.5) is 0 Å². The molecule has 1 heterocycles. The van der Waals surface area contributed by atoms with E-state index in [-0.39, 0.29) is 18.2 Å². The highest BCUT2D eigenvalue weighted by atomic mass is 32.2. The van der Waals surface area contributed by atoms with Gasteiger partial charge in [-0.15, -0.1) is 0 Å². The molecule has 1 aliphatic heterocycles. The molecule has 0 saturated heterocycles. The molecule has 0 atom stereocenters. The Bertz CT molecular complexity index is 757. The van der Waals surface area contributed by atoms with Crippen molar-refractivity contribution in [3.63, 3.8) is 0 Å². The molecule has 0 bridgehead atoms. The predicted octanol–water partition coefficient (Wildman–Crippen LogP) is 2.47. The molecule has 1 fully saturated rings. The molecule has 27 heavy (non-hydrogen) atoms. The summed E-state index contributed by atoms with van der Waals surface area (Å²) in [5.74, 6) is 1.19. The van der Waals surface area contributed by atoms with Gasteiger partial charge in [0, 0.05) is 26.1 Å². The number of hydrogen-bond acceptors (Lipinski definition) is 4. The minimum atomic E-state index is -3.38. The lowest BCUT2D eigenvalue weighted by Gasteiger charge is -2.28. The Hall–Kier alpha value is -1.60. The Labute approximate surface area is 162 Å². The summed E-state index contributed by atoms with van der Waals surface area (Å²) < 4.78 is 32.0. The highest BCUT2D eigenvalue weighted by Gasteiger charge is 2.27. The Morgan fingerprint density at radius 3 is 2.74 bits per heavy atom. The molecular weight excluding hydrogens is 364 g/mol. The zero-order valence-electron chi connectivity index (χ0n) is 16.1. The Morgan fingerprint density at radius 2 is 2.00 bits per heavy atom. The minimum absolute atomic E-state index is 0.0202. The van der Waals surface area contributed by atoms with E-state index in [0.717, 1.165) is 29.7 Å². The third-order valence-electron chi connectivity index (χ3n) is 5.67. The van der Waals surface area contributed by atoms with E-state index in [2.05, 4.69) is 5.32 Å². The van der Waals surface area contributed by atoms with Crippen LogP contribution in [0.1, 0.15) is 49.7 Å². The third kappa shape index (κ3) is 5.45. The van der Waals surface area contributed by atoms with Crippen LogP contribution in [0, 0.1) is 5.92 Å². The number of carbonyl (C=O) groups excluding carboxylic acids is 1. The van der Waals surface area contributed by atoms with Crippen molar-refractivity contribution in [2.45, 2.75) is 51.5 Å². The fraction of sp³-hybridized carbons (Fsp3) is 0.650. The van der Waals surface area contributed by atoms with Gasteiger partial charge in [-0.1, -0.05) is 25.3 Å². The van der Waals surface area contributed by atoms with Crippen molar-refractivity contribution in [1.29, 1.82) is 0 Å². The van der Waals surface area contributed by atoms with Crippen molar-refractivity contribution in [2.75, 3.05) is 26.0 Å². The molecule has 0 spiro atoms. The van der Waals surface area contributed by atoms with Crippen LogP contribution < -0.4 is 10.1 Å². The Kier molecular flexibility index (Phi) is 6.76. The minimum Gasteiger partial charge on any atom is -0.497 e. The monoisotopic (exact) mass is 394 g/mol. The van der Waals surface area contributed by atoms with Crippen molar-refractivity contribution in [3.8, 4) is 5.75 Å². The maximum Gasteiger partial charge on any atom is 0.220 e. The number of ether oxygens (including phenoxy) is 1. The first-order valence-corrected chi connectivity index (χ1v) is 11.5. The van der Waals surface area contributed by atoms with Gasteiger partial charge in [0.25, 0.3) is 0 Å². The number of amides is 1. The number of benzene rings is 1. The molecule has 0 aromatic heterocycles. The van der Waals surface area contributed by atoms with Gasteiger partial charge in [-0.2, -0.15) is 4.31 Å². The molecule has 1 N–H and O–H groups in total. The van der Waals surface area contributed by atoms with Gasteiger partial charge in [0.15, 0.2) is 0 Å². The maximum atomic E-state index is 12.6. The van der Waals surface area contributed by atoms with Gasteiger partial charge in [0.1, 0.15) is 5.75 Å². The molecule has 0 unspecified atom stereocenters. The van der Waals surface area contributed by atoms with Gasteiger partial charge in [-0.3, -0.25) is 4.79 Å². The number of sulfonamides is 1. The molecular formula is C20H30N2O4S. The molecule has 1 amide bonds. The summed E-state index contributed by atoms with van der Waals surface area (Å²) in [5, 5.41) is 2.80. The number of nitrogens with one attached hydrogen (secondary N) is 1. The topological polar surface area (TPSA) is 75.7 Å². The molecule has 3 rings (SSSR count). The van der Waals surface area contributed by atoms with Gasteiger partial charge in [-0.05, 0) is 48.4 Å². The highest BCUT2D eigenvalue weighted by Crippen LogP contribution is 2.26. The number of fused-ring (bicyclic) bond motifs is 1. The van der Waals surface area contributed by atoms with Gasteiger partial charge >= 0.3 is 0 Å². The lowest BCUT2D eigenvalue weighted by atomic mass is 9.87. The summed E-state index contributed by atoms with van der Waals surface area (Å²) in [6.45, 7) is 1.04. The highest BCUT2D eigenvalue weighted by molar-refractivity contribution is 7.89. The smallest absolute Gasteiger partial charge is 0.220 e. The summed E-state index contributed by atoms with van der Waals surface area (Å²) >= 11 is 0. The Morgan fingerprint density at radius 1 is 1.22 bits per heavy atom. The number of hydrogen-bond donors (Lipinski definition) is 1. The fourth-order valence-corrected chi connectivity index (χ4v) is 5.37. The van der Waals surface area contributed by atoms with Gasteiger partial charge in [0.05, 0.1) is 12.9 Å². The van der Waals surface area contributed by atoms with Gasteiger partial charge in [-0.25, -0.2) is 8.42 Å². The van der Waals surface area contributed by atoms with Gasteiger partial charge in [0.2, 0.25) is 15.9 Å². The molecule has 1 aromatic rings. The SMILES string of the molecule is COc1ccc2c(c1)CCN(S(=O)(=O)CCNC(=O)CC1CCCCC1)C2. The second kappa shape index (κ2) is 9.06. The zero-order chi connectivity index (χ0) is 19.3. The quantitative estimate of drug-likeness (QED) is 0.771. The van der Waals surface area contributed by atoms with E-state index in [4.69, 9.17) is 4.74 Å². The first kappa shape index (κ1) is 20.1. The molecule has 1 aromatic carbocycles. The van der Waals surface area contributed by atoms with Crippen LogP contribution in [0.25, 0.3) is 0 Å². The Balaban J connectivity index is 1.47. The molecule has 2 aliphatic rings. The maximum absolute atomic E-state index is 12.6. The zero-order valence-corrected chi connectivity index (χ0v) is 16.9. The lowest BCUT2D eigenvalue weighted by molar-refractivity contribution is -0.122. The predicted molar refractivity (Wildman–Crippen MR) is 105 cm³/mol. The lowest BCUT2D eigenvalue weighted by Crippen LogP contribution is -2.40. The first-order valence-electron chi connectivity index (χ1n) is 9.88. The first-order chi connectivity index (χ1) is 13.0. The van der Waals surface area contributed by atoms with Crippen LogP contribution in [0.3, 0.4) is 0 Å². The summed E-state index contributed by atoms with van der Waals surface area (Å²) in [6.07, 6.45) is 7.11. The van der Waals surface area contributed by atoms with Crippen molar-refractivity contribution in [2.24, 2.45) is 5.92 Å². The number of nitrogens with zero attached hydrogens (tertiary/aromatic N) is 1. The van der Waals surface area contributed by atoms with Crippen LogP contribution in [-0.2, 0) is 27.8 Å². The number of rotatable bonds is 7. The average molecular weight is 395 g/mol. The third-order valence-corrected chi connectivity index (χ3v) is 7.48. The van der Waals surface area contributed by atoms with Gasteiger partial charge < -0.3 is 10.1 Å². The number of methoxy groups -OCH3 is 1. The van der Waals surface area contributed by atoms with Crippen molar-refractivity contribution in [3.05, 3.63) is 29.3 Å². The van der Waals surface area contributed by atoms with E-state index < -0.39 is 10.0 Å². The molecule has 7 heteroatoms. The molecule has 0 radical (unpaired) electrons.